The summed E-state index contributed by atoms with van der Waals surface area (Å²) in [5, 5.41) is 10.7. The van der Waals surface area contributed by atoms with Gasteiger partial charge in [-0.25, -0.2) is 4.39 Å². The second-order valence-corrected chi connectivity index (χ2v) is 6.10. The summed E-state index contributed by atoms with van der Waals surface area (Å²) in [6.45, 7) is 0.585. The van der Waals surface area contributed by atoms with E-state index >= 15 is 0 Å². The molecule has 2 heterocycles. The number of aromatic nitrogens is 1. The molecule has 2 aromatic rings. The Labute approximate surface area is 155 Å². The molecule has 1 aliphatic rings. The summed E-state index contributed by atoms with van der Waals surface area (Å²) < 4.78 is 19.5. The van der Waals surface area contributed by atoms with Crippen LogP contribution in [0.5, 0.6) is 0 Å². The summed E-state index contributed by atoms with van der Waals surface area (Å²) in [6.07, 6.45) is 3.40. The van der Waals surface area contributed by atoms with Gasteiger partial charge in [0.15, 0.2) is 0 Å². The van der Waals surface area contributed by atoms with Crippen molar-refractivity contribution < 1.29 is 23.8 Å². The zero-order valence-electron chi connectivity index (χ0n) is 14.8. The number of halogens is 1. The van der Waals surface area contributed by atoms with E-state index in [2.05, 4.69) is 4.98 Å². The average Bonchev–Trinajstić information content (AvgIpc) is 2.93. The highest BCUT2D eigenvalue weighted by Crippen LogP contribution is 2.40. The Bertz CT molecular complexity index is 883. The molecule has 0 saturated carbocycles. The second kappa shape index (κ2) is 8.09. The van der Waals surface area contributed by atoms with Crippen LogP contribution in [0.2, 0.25) is 0 Å². The van der Waals surface area contributed by atoms with Crippen LogP contribution in [0.4, 0.5) is 4.39 Å². The van der Waals surface area contributed by atoms with Gasteiger partial charge in [-0.05, 0) is 24.6 Å². The molecule has 1 saturated heterocycles. The maximum atomic E-state index is 14.5. The predicted molar refractivity (Wildman–Crippen MR) is 96.1 cm³/mol. The number of pyridine rings is 1. The molecular formula is C20H19FN2O4. The van der Waals surface area contributed by atoms with Crippen molar-refractivity contribution in [2.45, 2.75) is 12.5 Å². The molecule has 7 heteroatoms. The van der Waals surface area contributed by atoms with Crippen LogP contribution in [0.15, 0.2) is 54.4 Å². The lowest BCUT2D eigenvalue weighted by atomic mass is 9.95. The average molecular weight is 370 g/mol. The van der Waals surface area contributed by atoms with E-state index < -0.39 is 23.5 Å². The van der Waals surface area contributed by atoms with Crippen molar-refractivity contribution in [3.63, 3.8) is 0 Å². The van der Waals surface area contributed by atoms with Gasteiger partial charge in [0, 0.05) is 43.8 Å². The summed E-state index contributed by atoms with van der Waals surface area (Å²) in [5.74, 6) is -2.51. The van der Waals surface area contributed by atoms with E-state index in [9.17, 15) is 19.1 Å². The van der Waals surface area contributed by atoms with Crippen LogP contribution in [-0.4, -0.2) is 46.9 Å². The van der Waals surface area contributed by atoms with Crippen LogP contribution < -0.4 is 0 Å². The highest BCUT2D eigenvalue weighted by atomic mass is 19.1. The number of benzene rings is 1. The smallest absolute Gasteiger partial charge is 0.295 e. The fourth-order valence-electron chi connectivity index (χ4n) is 3.18. The zero-order valence-corrected chi connectivity index (χ0v) is 14.8. The number of hydrogen-bond acceptors (Lipinski definition) is 5. The molecule has 1 aromatic carbocycles. The molecule has 0 radical (unpaired) electrons. The lowest BCUT2D eigenvalue weighted by Gasteiger charge is -2.25. The summed E-state index contributed by atoms with van der Waals surface area (Å²) in [4.78, 5) is 30.4. The Morgan fingerprint density at radius 3 is 2.59 bits per heavy atom. The third-order valence-corrected chi connectivity index (χ3v) is 4.44. The molecule has 140 valence electrons. The van der Waals surface area contributed by atoms with Crippen LogP contribution in [0, 0.1) is 5.82 Å². The van der Waals surface area contributed by atoms with Gasteiger partial charge in [-0.3, -0.25) is 14.6 Å². The van der Waals surface area contributed by atoms with Gasteiger partial charge in [0.05, 0.1) is 11.6 Å². The summed E-state index contributed by atoms with van der Waals surface area (Å²) >= 11 is 0. The van der Waals surface area contributed by atoms with Gasteiger partial charge in [0.2, 0.25) is 0 Å². The largest absolute Gasteiger partial charge is 0.507 e. The van der Waals surface area contributed by atoms with E-state index in [1.165, 1.54) is 54.7 Å². The molecule has 3 rings (SSSR count). The SMILES string of the molecule is COCCCN1C(=O)C(=O)/C(=C(/O)c2ccncc2)C1c1ccccc1F. The molecule has 27 heavy (non-hydrogen) atoms. The van der Waals surface area contributed by atoms with E-state index in [4.69, 9.17) is 4.74 Å². The van der Waals surface area contributed by atoms with Gasteiger partial charge in [-0.2, -0.15) is 0 Å². The van der Waals surface area contributed by atoms with Crippen LogP contribution >= 0.6 is 0 Å². The summed E-state index contributed by atoms with van der Waals surface area (Å²) in [5.41, 5.74) is 0.361. The topological polar surface area (TPSA) is 79.7 Å². The van der Waals surface area contributed by atoms with Crippen molar-refractivity contribution in [3.05, 3.63) is 71.3 Å². The predicted octanol–water partition coefficient (Wildman–Crippen LogP) is 2.68. The number of carbonyl (C=O) groups excluding carboxylic acids is 2. The van der Waals surface area contributed by atoms with Crippen molar-refractivity contribution in [2.24, 2.45) is 0 Å². The fraction of sp³-hybridized carbons (Fsp3) is 0.250. The molecule has 6 nitrogen and oxygen atoms in total. The number of rotatable bonds is 6. The van der Waals surface area contributed by atoms with Crippen molar-refractivity contribution in [1.29, 1.82) is 0 Å². The number of amides is 1. The molecule has 0 aliphatic carbocycles. The minimum Gasteiger partial charge on any atom is -0.507 e. The minimum absolute atomic E-state index is 0.131. The van der Waals surface area contributed by atoms with E-state index in [0.717, 1.165) is 0 Å². The van der Waals surface area contributed by atoms with Crippen LogP contribution in [0.3, 0.4) is 0 Å². The number of aliphatic hydroxyl groups is 1. The van der Waals surface area contributed by atoms with E-state index in [1.807, 2.05) is 0 Å². The minimum atomic E-state index is -1.00. The number of carbonyl (C=O) groups is 2. The molecule has 1 atom stereocenters. The Kier molecular flexibility index (Phi) is 5.61. The monoisotopic (exact) mass is 370 g/mol. The standard InChI is InChI=1S/C20H19FN2O4/c1-27-12-4-11-23-17(14-5-2-3-6-15(14)21)16(19(25)20(23)26)18(24)13-7-9-22-10-8-13/h2-3,5-10,17,24H,4,11-12H2,1H3/b18-16+. The number of methoxy groups -OCH3 is 1. The molecule has 1 N–H and O–H groups in total. The molecule has 1 amide bonds. The Morgan fingerprint density at radius 1 is 1.22 bits per heavy atom. The van der Waals surface area contributed by atoms with Gasteiger partial charge in [0.25, 0.3) is 11.7 Å². The number of ketones is 1. The van der Waals surface area contributed by atoms with Gasteiger partial charge in [-0.15, -0.1) is 0 Å². The zero-order chi connectivity index (χ0) is 19.4. The van der Waals surface area contributed by atoms with Gasteiger partial charge < -0.3 is 14.7 Å². The summed E-state index contributed by atoms with van der Waals surface area (Å²) in [7, 11) is 1.53. The van der Waals surface area contributed by atoms with Crippen molar-refractivity contribution in [1.82, 2.24) is 9.88 Å². The highest BCUT2D eigenvalue weighted by molar-refractivity contribution is 6.46. The molecule has 0 bridgehead atoms. The third kappa shape index (κ3) is 3.59. The maximum Gasteiger partial charge on any atom is 0.295 e. The number of likely N-dealkylation sites (tertiary alicyclic amines) is 1. The fourth-order valence-corrected chi connectivity index (χ4v) is 3.18. The van der Waals surface area contributed by atoms with Gasteiger partial charge in [-0.1, -0.05) is 18.2 Å². The van der Waals surface area contributed by atoms with Gasteiger partial charge >= 0.3 is 0 Å². The second-order valence-electron chi connectivity index (χ2n) is 6.10. The molecule has 0 spiro atoms. The van der Waals surface area contributed by atoms with E-state index in [0.29, 0.717) is 18.6 Å². The van der Waals surface area contributed by atoms with Gasteiger partial charge in [0.1, 0.15) is 11.6 Å². The first-order valence-electron chi connectivity index (χ1n) is 8.48. The first-order valence-corrected chi connectivity index (χ1v) is 8.48. The van der Waals surface area contributed by atoms with E-state index in [-0.39, 0.29) is 23.4 Å². The number of hydrogen-bond donors (Lipinski definition) is 1. The maximum absolute atomic E-state index is 14.5. The Morgan fingerprint density at radius 2 is 1.93 bits per heavy atom. The highest BCUT2D eigenvalue weighted by Gasteiger charge is 2.46. The van der Waals surface area contributed by atoms with E-state index in [1.54, 1.807) is 6.07 Å². The van der Waals surface area contributed by atoms with Crippen molar-refractivity contribution in [3.8, 4) is 0 Å². The molecule has 1 unspecified atom stereocenters. The first-order chi connectivity index (χ1) is 13.1. The lowest BCUT2D eigenvalue weighted by molar-refractivity contribution is -0.140. The lowest BCUT2D eigenvalue weighted by Crippen LogP contribution is -2.31. The Hall–Kier alpha value is -3.06. The quantitative estimate of drug-likeness (QED) is 0.366. The van der Waals surface area contributed by atoms with Crippen LogP contribution in [-0.2, 0) is 14.3 Å². The van der Waals surface area contributed by atoms with Crippen molar-refractivity contribution >= 4 is 17.4 Å². The summed E-state index contributed by atoms with van der Waals surface area (Å²) in [6, 6.07) is 7.96. The molecule has 1 aromatic heterocycles. The Balaban J connectivity index is 2.14. The van der Waals surface area contributed by atoms with Crippen LogP contribution in [0.25, 0.3) is 5.76 Å². The molecule has 1 fully saturated rings. The van der Waals surface area contributed by atoms with Crippen LogP contribution in [0.1, 0.15) is 23.6 Å². The number of nitrogens with zero attached hydrogens (tertiary/aromatic N) is 2. The number of aliphatic hydroxyl groups excluding tert-OH is 1. The number of ether oxygens (including phenoxy) is 1. The first kappa shape index (κ1) is 18.7. The molecular weight excluding hydrogens is 351 g/mol. The third-order valence-electron chi connectivity index (χ3n) is 4.44. The van der Waals surface area contributed by atoms with Crippen molar-refractivity contribution in [2.75, 3.05) is 20.3 Å². The normalized spacial score (nSPS) is 18.9. The number of Topliss-reactive ketones (excluding diaryl/α,β-unsaturated/α-hetero) is 1. The molecule has 1 aliphatic heterocycles.